The lowest BCUT2D eigenvalue weighted by Gasteiger charge is -2.25. The van der Waals surface area contributed by atoms with E-state index in [2.05, 4.69) is 0 Å². The number of rotatable bonds is 8. The van der Waals surface area contributed by atoms with Crippen molar-refractivity contribution in [3.05, 3.63) is 65.2 Å². The molecule has 1 aliphatic rings. The summed E-state index contributed by atoms with van der Waals surface area (Å²) in [5, 5.41) is 20.7. The van der Waals surface area contributed by atoms with Gasteiger partial charge in [-0.05, 0) is 69.7 Å². The number of amides is 1. The summed E-state index contributed by atoms with van der Waals surface area (Å²) in [6, 6.07) is 12.2. The zero-order valence-electron chi connectivity index (χ0n) is 18.7. The Kier molecular flexibility index (Phi) is 7.20. The molecule has 2 aromatic carbocycles. The summed E-state index contributed by atoms with van der Waals surface area (Å²) in [4.78, 5) is 27.2. The predicted molar refractivity (Wildman–Crippen MR) is 120 cm³/mol. The van der Waals surface area contributed by atoms with Gasteiger partial charge in [-0.2, -0.15) is 0 Å². The second-order valence-electron chi connectivity index (χ2n) is 8.19. The second kappa shape index (κ2) is 9.87. The molecule has 0 radical (unpaired) electrons. The fourth-order valence-corrected chi connectivity index (χ4v) is 3.62. The third-order valence-electron chi connectivity index (χ3n) is 5.03. The molecule has 0 aliphatic carbocycles. The van der Waals surface area contributed by atoms with Crippen molar-refractivity contribution in [1.82, 2.24) is 4.90 Å². The van der Waals surface area contributed by atoms with Gasteiger partial charge >= 0.3 is 0 Å². The molecule has 1 heterocycles. The monoisotopic (exact) mass is 439 g/mol. The van der Waals surface area contributed by atoms with Gasteiger partial charge in [0, 0.05) is 12.1 Å². The smallest absolute Gasteiger partial charge is 0.295 e. The number of ether oxygens (including phenoxy) is 2. The molecule has 0 bridgehead atoms. The van der Waals surface area contributed by atoms with E-state index < -0.39 is 17.7 Å². The molecule has 0 saturated carbocycles. The van der Waals surface area contributed by atoms with Gasteiger partial charge in [-0.15, -0.1) is 0 Å². The van der Waals surface area contributed by atoms with E-state index in [0.29, 0.717) is 16.9 Å². The van der Waals surface area contributed by atoms with Crippen LogP contribution < -0.4 is 4.74 Å². The van der Waals surface area contributed by atoms with Gasteiger partial charge in [-0.1, -0.05) is 12.1 Å². The molecule has 1 fully saturated rings. The minimum absolute atomic E-state index is 0.00215. The van der Waals surface area contributed by atoms with Gasteiger partial charge in [0.2, 0.25) is 0 Å². The SMILES string of the molecule is CC(C)OCCN1C(=O)C(=O)/C(=C(\O)c2ccc(OC(C)C)cc2)C1c1ccc(O)cc1. The van der Waals surface area contributed by atoms with Crippen LogP contribution in [0.25, 0.3) is 5.76 Å². The maximum atomic E-state index is 13.0. The first kappa shape index (κ1) is 23.3. The number of phenolic OH excluding ortho intramolecular Hbond substituents is 1. The highest BCUT2D eigenvalue weighted by molar-refractivity contribution is 6.46. The fraction of sp³-hybridized carbons (Fsp3) is 0.360. The molecule has 2 aromatic rings. The molecular weight excluding hydrogens is 410 g/mol. The van der Waals surface area contributed by atoms with Gasteiger partial charge in [0.15, 0.2) is 0 Å². The van der Waals surface area contributed by atoms with E-state index in [1.807, 2.05) is 27.7 Å². The number of aromatic hydroxyl groups is 1. The van der Waals surface area contributed by atoms with Gasteiger partial charge < -0.3 is 24.6 Å². The van der Waals surface area contributed by atoms with Crippen molar-refractivity contribution in [3.63, 3.8) is 0 Å². The lowest BCUT2D eigenvalue weighted by molar-refractivity contribution is -0.140. The van der Waals surface area contributed by atoms with Gasteiger partial charge in [0.1, 0.15) is 17.3 Å². The summed E-state index contributed by atoms with van der Waals surface area (Å²) in [7, 11) is 0. The fourth-order valence-electron chi connectivity index (χ4n) is 3.62. The van der Waals surface area contributed by atoms with Crippen molar-refractivity contribution in [2.75, 3.05) is 13.2 Å². The van der Waals surface area contributed by atoms with Crippen molar-refractivity contribution >= 4 is 17.4 Å². The van der Waals surface area contributed by atoms with Crippen LogP contribution >= 0.6 is 0 Å². The van der Waals surface area contributed by atoms with E-state index >= 15 is 0 Å². The normalized spacial score (nSPS) is 18.1. The Balaban J connectivity index is 2.03. The maximum Gasteiger partial charge on any atom is 0.295 e. The number of hydrogen-bond donors (Lipinski definition) is 2. The number of aliphatic hydroxyl groups is 1. The Hall–Kier alpha value is -3.32. The van der Waals surface area contributed by atoms with Gasteiger partial charge in [-0.25, -0.2) is 0 Å². The molecule has 2 N–H and O–H groups in total. The van der Waals surface area contributed by atoms with Crippen LogP contribution in [0.5, 0.6) is 11.5 Å². The summed E-state index contributed by atoms with van der Waals surface area (Å²) in [5.74, 6) is -1.01. The van der Waals surface area contributed by atoms with Gasteiger partial charge in [0.05, 0.1) is 30.4 Å². The first-order valence-corrected chi connectivity index (χ1v) is 10.6. The van der Waals surface area contributed by atoms with E-state index in [4.69, 9.17) is 9.47 Å². The molecule has 32 heavy (non-hydrogen) atoms. The molecule has 0 aromatic heterocycles. The Morgan fingerprint density at radius 2 is 1.59 bits per heavy atom. The number of likely N-dealkylation sites (tertiary alicyclic amines) is 1. The van der Waals surface area contributed by atoms with Crippen molar-refractivity contribution in [2.24, 2.45) is 0 Å². The molecule has 1 aliphatic heterocycles. The highest BCUT2D eigenvalue weighted by Gasteiger charge is 2.45. The number of nitrogens with zero attached hydrogens (tertiary/aromatic N) is 1. The lowest BCUT2D eigenvalue weighted by atomic mass is 9.95. The van der Waals surface area contributed by atoms with Crippen LogP contribution in [0.15, 0.2) is 54.1 Å². The molecule has 1 atom stereocenters. The van der Waals surface area contributed by atoms with Crippen LogP contribution in [0.2, 0.25) is 0 Å². The Morgan fingerprint density at radius 1 is 0.969 bits per heavy atom. The van der Waals surface area contributed by atoms with Crippen LogP contribution in [-0.2, 0) is 14.3 Å². The Morgan fingerprint density at radius 3 is 2.16 bits per heavy atom. The molecule has 3 rings (SSSR count). The van der Waals surface area contributed by atoms with Crippen molar-refractivity contribution < 1.29 is 29.3 Å². The quantitative estimate of drug-likeness (QED) is 0.366. The number of phenols is 1. The summed E-state index contributed by atoms with van der Waals surface area (Å²) < 4.78 is 11.2. The minimum Gasteiger partial charge on any atom is -0.508 e. The molecular formula is C25H29NO6. The summed E-state index contributed by atoms with van der Waals surface area (Å²) in [5.41, 5.74) is 1.01. The van der Waals surface area contributed by atoms with Gasteiger partial charge in [0.25, 0.3) is 11.7 Å². The molecule has 7 nitrogen and oxygen atoms in total. The number of carbonyl (C=O) groups excluding carboxylic acids is 2. The summed E-state index contributed by atoms with van der Waals surface area (Å²) in [6.07, 6.45) is -0.0205. The summed E-state index contributed by atoms with van der Waals surface area (Å²) in [6.45, 7) is 8.04. The molecule has 170 valence electrons. The minimum atomic E-state index is -0.794. The first-order valence-electron chi connectivity index (χ1n) is 10.6. The molecule has 1 unspecified atom stereocenters. The zero-order valence-corrected chi connectivity index (χ0v) is 18.7. The standard InChI is InChI=1S/C25H29NO6/c1-15(2)31-14-13-26-22(17-5-9-19(27)10-6-17)21(24(29)25(26)30)23(28)18-7-11-20(12-8-18)32-16(3)4/h5-12,15-16,22,27-28H,13-14H2,1-4H3/b23-21-. The molecule has 0 spiro atoms. The number of ketones is 1. The van der Waals surface area contributed by atoms with Crippen LogP contribution in [0.1, 0.15) is 44.9 Å². The number of aliphatic hydroxyl groups excluding tert-OH is 1. The zero-order chi connectivity index (χ0) is 23.4. The van der Waals surface area contributed by atoms with E-state index in [0.717, 1.165) is 0 Å². The number of carbonyl (C=O) groups is 2. The van der Waals surface area contributed by atoms with E-state index in [1.54, 1.807) is 36.4 Å². The lowest BCUT2D eigenvalue weighted by Crippen LogP contribution is -2.33. The summed E-state index contributed by atoms with van der Waals surface area (Å²) >= 11 is 0. The Bertz CT molecular complexity index is 992. The van der Waals surface area contributed by atoms with Crippen molar-refractivity contribution in [1.29, 1.82) is 0 Å². The molecule has 1 amide bonds. The first-order chi connectivity index (χ1) is 15.2. The van der Waals surface area contributed by atoms with Crippen molar-refractivity contribution in [2.45, 2.75) is 45.9 Å². The second-order valence-corrected chi connectivity index (χ2v) is 8.19. The van der Waals surface area contributed by atoms with E-state index in [1.165, 1.54) is 17.0 Å². The van der Waals surface area contributed by atoms with Crippen molar-refractivity contribution in [3.8, 4) is 11.5 Å². The highest BCUT2D eigenvalue weighted by Crippen LogP contribution is 2.39. The topological polar surface area (TPSA) is 96.3 Å². The van der Waals surface area contributed by atoms with Gasteiger partial charge in [-0.3, -0.25) is 9.59 Å². The number of Topliss-reactive ketones (excluding diaryl/α,β-unsaturated/α-hetero) is 1. The largest absolute Gasteiger partial charge is 0.508 e. The average Bonchev–Trinajstić information content (AvgIpc) is 2.99. The number of benzene rings is 2. The highest BCUT2D eigenvalue weighted by atomic mass is 16.5. The van der Waals surface area contributed by atoms with Crippen LogP contribution in [-0.4, -0.2) is 52.2 Å². The Labute approximate surface area is 187 Å². The maximum absolute atomic E-state index is 13.0. The number of hydrogen-bond acceptors (Lipinski definition) is 6. The van der Waals surface area contributed by atoms with E-state index in [9.17, 15) is 19.8 Å². The van der Waals surface area contributed by atoms with Crippen LogP contribution in [0, 0.1) is 0 Å². The molecule has 1 saturated heterocycles. The third-order valence-corrected chi connectivity index (χ3v) is 5.03. The van der Waals surface area contributed by atoms with Crippen LogP contribution in [0.4, 0.5) is 0 Å². The van der Waals surface area contributed by atoms with E-state index in [-0.39, 0.29) is 42.4 Å². The molecule has 7 heteroatoms. The average molecular weight is 440 g/mol. The third kappa shape index (κ3) is 5.11. The van der Waals surface area contributed by atoms with Crippen LogP contribution in [0.3, 0.4) is 0 Å². The predicted octanol–water partition coefficient (Wildman–Crippen LogP) is 4.03.